The van der Waals surface area contributed by atoms with Gasteiger partial charge in [0, 0.05) is 12.4 Å². The summed E-state index contributed by atoms with van der Waals surface area (Å²) in [5.41, 5.74) is 3.40. The molecule has 0 amide bonds. The Morgan fingerprint density at radius 3 is 2.50 bits per heavy atom. The lowest BCUT2D eigenvalue weighted by Crippen LogP contribution is -2.11. The van der Waals surface area contributed by atoms with E-state index in [0.717, 1.165) is 30.4 Å². The molecule has 0 fully saturated rings. The van der Waals surface area contributed by atoms with Gasteiger partial charge in [0.2, 0.25) is 0 Å². The number of aryl methyl sites for hydroxylation is 1. The molecular formula is C22H29NO. The zero-order valence-corrected chi connectivity index (χ0v) is 14.7. The smallest absolute Gasteiger partial charge is 0.0795 e. The van der Waals surface area contributed by atoms with Crippen molar-refractivity contribution in [2.24, 2.45) is 0 Å². The molecule has 128 valence electrons. The number of hydrogen-bond acceptors (Lipinski definition) is 2. The fraction of sp³-hybridized carbons (Fsp3) is 0.409. The first-order chi connectivity index (χ1) is 11.8. The number of benzene rings is 1. The lowest BCUT2D eigenvalue weighted by Gasteiger charge is -2.16. The average Bonchev–Trinajstić information content (AvgIpc) is 2.64. The van der Waals surface area contributed by atoms with Crippen molar-refractivity contribution in [3.63, 3.8) is 0 Å². The summed E-state index contributed by atoms with van der Waals surface area (Å²) in [6.07, 6.45) is 13.0. The van der Waals surface area contributed by atoms with Crippen LogP contribution in [0.4, 0.5) is 0 Å². The zero-order valence-electron chi connectivity index (χ0n) is 14.7. The van der Waals surface area contributed by atoms with E-state index in [-0.39, 0.29) is 0 Å². The first-order valence-electron chi connectivity index (χ1n) is 9.13. The number of allylic oxidation sites excluding steroid dienone is 1. The third-order valence-corrected chi connectivity index (χ3v) is 4.34. The van der Waals surface area contributed by atoms with Gasteiger partial charge in [-0.25, -0.2) is 0 Å². The Balaban J connectivity index is 2.00. The zero-order chi connectivity index (χ0) is 17.0. The van der Waals surface area contributed by atoms with Crippen molar-refractivity contribution in [3.05, 3.63) is 72.1 Å². The van der Waals surface area contributed by atoms with Crippen molar-refractivity contribution in [2.45, 2.75) is 58.0 Å². The van der Waals surface area contributed by atoms with E-state index < -0.39 is 6.10 Å². The predicted molar refractivity (Wildman–Crippen MR) is 102 cm³/mol. The second kappa shape index (κ2) is 10.8. The van der Waals surface area contributed by atoms with Gasteiger partial charge >= 0.3 is 0 Å². The van der Waals surface area contributed by atoms with Crippen LogP contribution in [-0.2, 0) is 6.42 Å². The van der Waals surface area contributed by atoms with Crippen LogP contribution in [-0.4, -0.2) is 16.2 Å². The van der Waals surface area contributed by atoms with Crippen LogP contribution in [0.5, 0.6) is 0 Å². The van der Waals surface area contributed by atoms with E-state index >= 15 is 0 Å². The molecule has 0 spiro atoms. The minimum Gasteiger partial charge on any atom is -0.388 e. The van der Waals surface area contributed by atoms with Crippen molar-refractivity contribution in [2.75, 3.05) is 0 Å². The van der Waals surface area contributed by atoms with Gasteiger partial charge in [0.25, 0.3) is 0 Å². The maximum atomic E-state index is 10.7. The number of aliphatic hydroxyl groups excluding tert-OH is 1. The molecule has 24 heavy (non-hydrogen) atoms. The first kappa shape index (κ1) is 18.4. The number of unbranched alkanes of at least 4 members (excludes halogenated alkanes) is 4. The lowest BCUT2D eigenvalue weighted by molar-refractivity contribution is 0.222. The molecule has 2 heteroatoms. The molecule has 1 aromatic heterocycles. The van der Waals surface area contributed by atoms with E-state index in [1.165, 1.54) is 31.2 Å². The summed E-state index contributed by atoms with van der Waals surface area (Å²) in [5.74, 6) is 0. The van der Waals surface area contributed by atoms with Crippen LogP contribution in [0.2, 0.25) is 0 Å². The maximum absolute atomic E-state index is 10.7. The van der Waals surface area contributed by atoms with Crippen LogP contribution < -0.4 is 0 Å². The molecule has 0 aliphatic rings. The molecule has 1 N–H and O–H groups in total. The lowest BCUT2D eigenvalue weighted by atomic mass is 9.95. The molecule has 2 nitrogen and oxygen atoms in total. The van der Waals surface area contributed by atoms with E-state index in [1.807, 2.05) is 18.2 Å². The van der Waals surface area contributed by atoms with Crippen LogP contribution in [0.25, 0.3) is 5.57 Å². The Morgan fingerprint density at radius 2 is 1.79 bits per heavy atom. The highest BCUT2D eigenvalue weighted by Crippen LogP contribution is 2.23. The minimum absolute atomic E-state index is 0.432. The highest BCUT2D eigenvalue weighted by atomic mass is 16.3. The SMILES string of the molecule is CCCCCCC=C(c1ccncc1)C(O)CCc1ccccc1. The third kappa shape index (κ3) is 6.29. The number of nitrogens with zero attached hydrogens (tertiary/aromatic N) is 1. The molecule has 1 atom stereocenters. The third-order valence-electron chi connectivity index (χ3n) is 4.34. The van der Waals surface area contributed by atoms with E-state index in [0.29, 0.717) is 0 Å². The van der Waals surface area contributed by atoms with Crippen molar-refractivity contribution < 1.29 is 5.11 Å². The average molecular weight is 323 g/mol. The normalized spacial score (nSPS) is 13.0. The molecule has 0 radical (unpaired) electrons. The van der Waals surface area contributed by atoms with E-state index in [4.69, 9.17) is 0 Å². The number of aromatic nitrogens is 1. The molecular weight excluding hydrogens is 294 g/mol. The van der Waals surface area contributed by atoms with Crippen LogP contribution >= 0.6 is 0 Å². The molecule has 2 aromatic rings. The van der Waals surface area contributed by atoms with Crippen molar-refractivity contribution >= 4 is 5.57 Å². The number of aliphatic hydroxyl groups is 1. The van der Waals surface area contributed by atoms with E-state index in [9.17, 15) is 5.11 Å². The molecule has 2 rings (SSSR count). The monoisotopic (exact) mass is 323 g/mol. The second-order valence-corrected chi connectivity index (χ2v) is 6.28. The van der Waals surface area contributed by atoms with Gasteiger partial charge in [-0.15, -0.1) is 0 Å². The molecule has 0 aliphatic carbocycles. The second-order valence-electron chi connectivity index (χ2n) is 6.28. The summed E-state index contributed by atoms with van der Waals surface area (Å²) >= 11 is 0. The standard InChI is InChI=1S/C22H29NO/c1-2-3-4-5-9-12-21(20-15-17-23-18-16-20)22(24)14-13-19-10-7-6-8-11-19/h6-8,10-12,15-18,22,24H,2-5,9,13-14H2,1H3. The van der Waals surface area contributed by atoms with Gasteiger partial charge in [-0.2, -0.15) is 0 Å². The molecule has 1 aromatic carbocycles. The van der Waals surface area contributed by atoms with Crippen LogP contribution in [0.15, 0.2) is 60.9 Å². The van der Waals surface area contributed by atoms with Crippen LogP contribution in [0.1, 0.15) is 56.6 Å². The van der Waals surface area contributed by atoms with Crippen LogP contribution in [0, 0.1) is 0 Å². The van der Waals surface area contributed by atoms with Gasteiger partial charge in [-0.1, -0.05) is 62.6 Å². The summed E-state index contributed by atoms with van der Waals surface area (Å²) in [5, 5.41) is 10.7. The molecule has 0 saturated carbocycles. The Morgan fingerprint density at radius 1 is 1.04 bits per heavy atom. The van der Waals surface area contributed by atoms with E-state index in [2.05, 4.69) is 42.2 Å². The van der Waals surface area contributed by atoms with E-state index in [1.54, 1.807) is 12.4 Å². The fourth-order valence-electron chi connectivity index (χ4n) is 2.92. The maximum Gasteiger partial charge on any atom is 0.0795 e. The fourth-order valence-corrected chi connectivity index (χ4v) is 2.92. The predicted octanol–water partition coefficient (Wildman–Crippen LogP) is 5.43. The van der Waals surface area contributed by atoms with Gasteiger partial charge < -0.3 is 5.11 Å². The van der Waals surface area contributed by atoms with Crippen molar-refractivity contribution in [3.8, 4) is 0 Å². The molecule has 1 heterocycles. The summed E-state index contributed by atoms with van der Waals surface area (Å²) in [6, 6.07) is 14.3. The number of rotatable bonds is 10. The topological polar surface area (TPSA) is 33.1 Å². The van der Waals surface area contributed by atoms with Crippen molar-refractivity contribution in [1.29, 1.82) is 0 Å². The quantitative estimate of drug-likeness (QED) is 0.591. The first-order valence-corrected chi connectivity index (χ1v) is 9.13. The van der Waals surface area contributed by atoms with Gasteiger partial charge in [0.05, 0.1) is 6.10 Å². The summed E-state index contributed by atoms with van der Waals surface area (Å²) < 4.78 is 0. The van der Waals surface area contributed by atoms with Gasteiger partial charge in [0.15, 0.2) is 0 Å². The molecule has 0 saturated heterocycles. The summed E-state index contributed by atoms with van der Waals surface area (Å²) in [7, 11) is 0. The molecule has 0 aliphatic heterocycles. The molecule has 1 unspecified atom stereocenters. The minimum atomic E-state index is -0.432. The van der Waals surface area contributed by atoms with Gasteiger partial charge in [0.1, 0.15) is 0 Å². The molecule has 0 bridgehead atoms. The Labute approximate surface area is 146 Å². The highest BCUT2D eigenvalue weighted by Gasteiger charge is 2.13. The largest absolute Gasteiger partial charge is 0.388 e. The Bertz CT molecular complexity index is 592. The van der Waals surface area contributed by atoms with Crippen LogP contribution in [0.3, 0.4) is 0 Å². The Kier molecular flexibility index (Phi) is 8.26. The van der Waals surface area contributed by atoms with Gasteiger partial charge in [-0.05, 0) is 54.5 Å². The van der Waals surface area contributed by atoms with Crippen molar-refractivity contribution in [1.82, 2.24) is 4.98 Å². The highest BCUT2D eigenvalue weighted by molar-refractivity contribution is 5.68. The number of pyridine rings is 1. The Hall–Kier alpha value is -1.93. The summed E-state index contributed by atoms with van der Waals surface area (Å²) in [4.78, 5) is 4.09. The van der Waals surface area contributed by atoms with Gasteiger partial charge in [-0.3, -0.25) is 4.98 Å². The number of hydrogen-bond donors (Lipinski definition) is 1. The summed E-state index contributed by atoms with van der Waals surface area (Å²) in [6.45, 7) is 2.23.